The number of aryl methyl sites for hydroxylation is 3. The molecule has 158 valence electrons. The lowest BCUT2D eigenvalue weighted by molar-refractivity contribution is 0.0944. The molecule has 0 bridgehead atoms. The number of benzene rings is 2. The summed E-state index contributed by atoms with van der Waals surface area (Å²) in [6, 6.07) is 11.4. The van der Waals surface area contributed by atoms with Gasteiger partial charge in [0.25, 0.3) is 11.5 Å². The predicted octanol–water partition coefficient (Wildman–Crippen LogP) is 3.53. The Morgan fingerprint density at radius 2 is 1.80 bits per heavy atom. The second kappa shape index (κ2) is 9.67. The summed E-state index contributed by atoms with van der Waals surface area (Å²) < 4.78 is 7.03. The number of nitrogens with zero attached hydrogens (tertiary/aromatic N) is 2. The van der Waals surface area contributed by atoms with Gasteiger partial charge in [0.2, 0.25) is 0 Å². The maximum atomic E-state index is 12.8. The first kappa shape index (κ1) is 21.7. The lowest BCUT2D eigenvalue weighted by Crippen LogP contribution is -2.26. The Kier molecular flexibility index (Phi) is 7.00. The van der Waals surface area contributed by atoms with Crippen LogP contribution in [0.25, 0.3) is 11.0 Å². The van der Waals surface area contributed by atoms with Crippen LogP contribution in [0.4, 0.5) is 0 Å². The average Bonchev–Trinajstić information content (AvgIpc) is 2.73. The molecule has 1 N–H and O–H groups in total. The van der Waals surface area contributed by atoms with Crippen molar-refractivity contribution in [2.24, 2.45) is 0 Å². The van der Waals surface area contributed by atoms with Crippen LogP contribution in [-0.2, 0) is 11.3 Å². The lowest BCUT2D eigenvalue weighted by atomic mass is 10.1. The van der Waals surface area contributed by atoms with Crippen LogP contribution in [0.2, 0.25) is 0 Å². The summed E-state index contributed by atoms with van der Waals surface area (Å²) >= 11 is 0. The topological polar surface area (TPSA) is 73.2 Å². The van der Waals surface area contributed by atoms with Crippen molar-refractivity contribution in [2.45, 2.75) is 40.7 Å². The predicted molar refractivity (Wildman–Crippen MR) is 119 cm³/mol. The van der Waals surface area contributed by atoms with E-state index in [1.807, 2.05) is 45.0 Å². The maximum Gasteiger partial charge on any atom is 0.272 e. The highest BCUT2D eigenvalue weighted by Crippen LogP contribution is 2.18. The van der Waals surface area contributed by atoms with Gasteiger partial charge in [0, 0.05) is 25.3 Å². The van der Waals surface area contributed by atoms with Crippen molar-refractivity contribution in [3.63, 3.8) is 0 Å². The molecule has 0 aliphatic heterocycles. The molecule has 3 aromatic rings. The van der Waals surface area contributed by atoms with E-state index in [0.717, 1.165) is 34.1 Å². The first-order valence-corrected chi connectivity index (χ1v) is 10.3. The highest BCUT2D eigenvalue weighted by atomic mass is 16.5. The Bertz CT molecular complexity index is 1100. The molecule has 6 heteroatoms. The highest BCUT2D eigenvalue weighted by molar-refractivity contribution is 5.94. The summed E-state index contributed by atoms with van der Waals surface area (Å²) in [7, 11) is 0. The minimum Gasteiger partial charge on any atom is -0.382 e. The van der Waals surface area contributed by atoms with Gasteiger partial charge in [0.1, 0.15) is 5.69 Å². The molecular weight excluding hydrogens is 378 g/mol. The third-order valence-corrected chi connectivity index (χ3v) is 5.24. The van der Waals surface area contributed by atoms with Crippen LogP contribution in [-0.4, -0.2) is 35.2 Å². The molecule has 0 radical (unpaired) electrons. The van der Waals surface area contributed by atoms with Gasteiger partial charge in [-0.1, -0.05) is 12.1 Å². The van der Waals surface area contributed by atoms with Gasteiger partial charge in [-0.05, 0) is 75.1 Å². The zero-order valence-electron chi connectivity index (χ0n) is 18.1. The highest BCUT2D eigenvalue weighted by Gasteiger charge is 2.11. The minimum absolute atomic E-state index is 0.0955. The SMILES string of the molecule is CCOCCCNC(=O)c1ccc(Cn2c(=O)c(C)nc3cc(C)c(C)cc32)cc1. The molecule has 0 saturated heterocycles. The van der Waals surface area contributed by atoms with Crippen molar-refractivity contribution in [3.8, 4) is 0 Å². The summed E-state index contributed by atoms with van der Waals surface area (Å²) in [6.45, 7) is 10.1. The molecule has 3 rings (SSSR count). The summed E-state index contributed by atoms with van der Waals surface area (Å²) in [5.41, 5.74) is 5.85. The van der Waals surface area contributed by atoms with Gasteiger partial charge in [-0.25, -0.2) is 4.98 Å². The molecule has 0 saturated carbocycles. The Morgan fingerprint density at radius 1 is 1.10 bits per heavy atom. The fourth-order valence-corrected chi connectivity index (χ4v) is 3.35. The molecule has 1 amide bonds. The second-order valence-electron chi connectivity index (χ2n) is 7.52. The number of carbonyl (C=O) groups excluding carboxylic acids is 1. The normalized spacial score (nSPS) is 11.1. The molecule has 6 nitrogen and oxygen atoms in total. The molecule has 0 atom stereocenters. The number of aromatic nitrogens is 2. The van der Waals surface area contributed by atoms with Gasteiger partial charge in [0.15, 0.2) is 0 Å². The van der Waals surface area contributed by atoms with E-state index in [1.54, 1.807) is 23.6 Å². The quantitative estimate of drug-likeness (QED) is 0.580. The first-order chi connectivity index (χ1) is 14.4. The fourth-order valence-electron chi connectivity index (χ4n) is 3.35. The van der Waals surface area contributed by atoms with Crippen LogP contribution in [0.1, 0.15) is 46.1 Å². The van der Waals surface area contributed by atoms with Crippen molar-refractivity contribution in [1.82, 2.24) is 14.9 Å². The molecule has 0 fully saturated rings. The van der Waals surface area contributed by atoms with Crippen LogP contribution in [0, 0.1) is 20.8 Å². The van der Waals surface area contributed by atoms with E-state index in [2.05, 4.69) is 10.3 Å². The van der Waals surface area contributed by atoms with E-state index in [1.165, 1.54) is 0 Å². The number of hydrogen-bond donors (Lipinski definition) is 1. The molecule has 0 aliphatic rings. The van der Waals surface area contributed by atoms with Gasteiger partial charge in [-0.15, -0.1) is 0 Å². The Balaban J connectivity index is 1.78. The van der Waals surface area contributed by atoms with Gasteiger partial charge in [-0.3, -0.25) is 9.59 Å². The van der Waals surface area contributed by atoms with Crippen LogP contribution < -0.4 is 10.9 Å². The molecule has 0 aliphatic carbocycles. The first-order valence-electron chi connectivity index (χ1n) is 10.3. The zero-order valence-corrected chi connectivity index (χ0v) is 18.1. The molecule has 0 unspecified atom stereocenters. The third-order valence-electron chi connectivity index (χ3n) is 5.24. The standard InChI is InChI=1S/C24H29N3O3/c1-5-30-12-6-11-25-23(28)20-9-7-19(8-10-20)15-27-22-14-17(3)16(2)13-21(22)26-18(4)24(27)29/h7-10,13-14H,5-6,11-12,15H2,1-4H3,(H,25,28). The van der Waals surface area contributed by atoms with E-state index in [-0.39, 0.29) is 11.5 Å². The maximum absolute atomic E-state index is 12.8. The fraction of sp³-hybridized carbons (Fsp3) is 0.375. The third kappa shape index (κ3) is 4.94. The number of rotatable bonds is 8. The Morgan fingerprint density at radius 3 is 2.50 bits per heavy atom. The average molecular weight is 408 g/mol. The van der Waals surface area contributed by atoms with Crippen molar-refractivity contribution in [3.05, 3.63) is 74.7 Å². The summed E-state index contributed by atoms with van der Waals surface area (Å²) in [6.07, 6.45) is 0.786. The molecule has 30 heavy (non-hydrogen) atoms. The van der Waals surface area contributed by atoms with E-state index in [4.69, 9.17) is 4.74 Å². The number of ether oxygens (including phenoxy) is 1. The van der Waals surface area contributed by atoms with Gasteiger partial charge in [0.05, 0.1) is 17.6 Å². The van der Waals surface area contributed by atoms with Crippen LogP contribution in [0.3, 0.4) is 0 Å². The van der Waals surface area contributed by atoms with Crippen molar-refractivity contribution >= 4 is 16.9 Å². The summed E-state index contributed by atoms with van der Waals surface area (Å²) in [5, 5.41) is 2.90. The van der Waals surface area contributed by atoms with E-state index >= 15 is 0 Å². The van der Waals surface area contributed by atoms with Crippen molar-refractivity contribution in [1.29, 1.82) is 0 Å². The van der Waals surface area contributed by atoms with E-state index < -0.39 is 0 Å². The number of fused-ring (bicyclic) bond motifs is 1. The molecule has 0 spiro atoms. The molecule has 2 aromatic carbocycles. The van der Waals surface area contributed by atoms with E-state index in [9.17, 15) is 9.59 Å². The van der Waals surface area contributed by atoms with Crippen molar-refractivity contribution in [2.75, 3.05) is 19.8 Å². The Hall–Kier alpha value is -2.99. The van der Waals surface area contributed by atoms with Crippen LogP contribution in [0.5, 0.6) is 0 Å². The van der Waals surface area contributed by atoms with Gasteiger partial charge in [-0.2, -0.15) is 0 Å². The number of hydrogen-bond acceptors (Lipinski definition) is 4. The number of nitrogens with one attached hydrogen (secondary N) is 1. The number of carbonyl (C=O) groups is 1. The monoisotopic (exact) mass is 407 g/mol. The van der Waals surface area contributed by atoms with Gasteiger partial charge < -0.3 is 14.6 Å². The van der Waals surface area contributed by atoms with Crippen LogP contribution in [0.15, 0.2) is 41.2 Å². The molecule has 1 heterocycles. The zero-order chi connectivity index (χ0) is 21.7. The largest absolute Gasteiger partial charge is 0.382 e. The van der Waals surface area contributed by atoms with Crippen LogP contribution >= 0.6 is 0 Å². The van der Waals surface area contributed by atoms with Gasteiger partial charge >= 0.3 is 0 Å². The molecular formula is C24H29N3O3. The van der Waals surface area contributed by atoms with E-state index in [0.29, 0.717) is 37.6 Å². The lowest BCUT2D eigenvalue weighted by Gasteiger charge is -2.13. The summed E-state index contributed by atoms with van der Waals surface area (Å²) in [4.78, 5) is 29.5. The minimum atomic E-state index is -0.105. The smallest absolute Gasteiger partial charge is 0.272 e. The second-order valence-corrected chi connectivity index (χ2v) is 7.52. The Labute approximate surface area is 176 Å². The molecule has 1 aromatic heterocycles. The number of amides is 1. The summed E-state index contributed by atoms with van der Waals surface area (Å²) in [5.74, 6) is -0.105. The van der Waals surface area contributed by atoms with Crippen molar-refractivity contribution < 1.29 is 9.53 Å².